The van der Waals surface area contributed by atoms with E-state index in [4.69, 9.17) is 18.8 Å². The maximum absolute atomic E-state index is 14.8. The topological polar surface area (TPSA) is 71.1 Å². The lowest BCUT2D eigenvalue weighted by atomic mass is 9.82. The van der Waals surface area contributed by atoms with Crippen LogP contribution in [0.5, 0.6) is 0 Å². The third kappa shape index (κ3) is 5.04. The summed E-state index contributed by atoms with van der Waals surface area (Å²) < 4.78 is 35.9. The van der Waals surface area contributed by atoms with E-state index < -0.39 is 41.9 Å². The first-order chi connectivity index (χ1) is 11.5. The molecule has 0 atom stereocenters. The van der Waals surface area contributed by atoms with Gasteiger partial charge in [-0.15, -0.1) is 0 Å². The molecule has 0 N–H and O–H groups in total. The molecule has 0 aromatic rings. The van der Waals surface area contributed by atoms with E-state index in [-0.39, 0.29) is 25.2 Å². The lowest BCUT2D eigenvalue weighted by Gasteiger charge is -2.32. The molecule has 142 valence electrons. The Morgan fingerprint density at radius 2 is 1.40 bits per heavy atom. The Balaban J connectivity index is 2.97. The molecular formula is C17H28BFO6. The van der Waals surface area contributed by atoms with Crippen LogP contribution in [0.3, 0.4) is 0 Å². The van der Waals surface area contributed by atoms with Crippen molar-refractivity contribution in [3.63, 3.8) is 0 Å². The Morgan fingerprint density at radius 1 is 1.00 bits per heavy atom. The van der Waals surface area contributed by atoms with E-state index in [1.54, 1.807) is 13.8 Å². The van der Waals surface area contributed by atoms with E-state index in [0.29, 0.717) is 0 Å². The summed E-state index contributed by atoms with van der Waals surface area (Å²) in [7, 11) is -1.17. The number of rotatable bonds is 7. The van der Waals surface area contributed by atoms with Gasteiger partial charge in [0.15, 0.2) is 5.92 Å². The molecule has 1 saturated heterocycles. The summed E-state index contributed by atoms with van der Waals surface area (Å²) in [6, 6.07) is 0. The summed E-state index contributed by atoms with van der Waals surface area (Å²) >= 11 is 0. The summed E-state index contributed by atoms with van der Waals surface area (Å²) in [5, 5.41) is 0. The molecule has 0 aliphatic carbocycles. The molecular weight excluding hydrogens is 330 g/mol. The second-order valence-corrected chi connectivity index (χ2v) is 6.98. The van der Waals surface area contributed by atoms with Crippen LogP contribution in [0.1, 0.15) is 54.9 Å². The van der Waals surface area contributed by atoms with Gasteiger partial charge in [-0.25, -0.2) is 4.39 Å². The molecule has 0 spiro atoms. The smallest absolute Gasteiger partial charge is 0.465 e. The predicted molar refractivity (Wildman–Crippen MR) is 91.3 cm³/mol. The zero-order chi connectivity index (χ0) is 19.4. The minimum Gasteiger partial charge on any atom is -0.465 e. The quantitative estimate of drug-likeness (QED) is 0.396. The lowest BCUT2D eigenvalue weighted by Crippen LogP contribution is -2.41. The van der Waals surface area contributed by atoms with Crippen molar-refractivity contribution in [1.82, 2.24) is 0 Å². The molecule has 8 heteroatoms. The summed E-state index contributed by atoms with van der Waals surface area (Å²) in [5.74, 6) is -2.68. The van der Waals surface area contributed by atoms with Crippen LogP contribution in [0, 0.1) is 5.92 Å². The van der Waals surface area contributed by atoms with Gasteiger partial charge in [-0.05, 0) is 60.5 Å². The van der Waals surface area contributed by atoms with Crippen molar-refractivity contribution >= 4 is 19.1 Å². The molecule has 6 nitrogen and oxygen atoms in total. The fourth-order valence-corrected chi connectivity index (χ4v) is 2.30. The van der Waals surface area contributed by atoms with Crippen LogP contribution in [-0.4, -0.2) is 43.5 Å². The van der Waals surface area contributed by atoms with Crippen LogP contribution < -0.4 is 0 Å². The van der Waals surface area contributed by atoms with E-state index in [1.165, 1.54) is 6.92 Å². The van der Waals surface area contributed by atoms with Crippen molar-refractivity contribution in [3.05, 3.63) is 11.3 Å². The maximum atomic E-state index is 14.8. The SMILES string of the molecule is CCOC(=O)C(CC(C)=C(F)B1OC(C)(C)C(C)(C)O1)C(=O)OCC. The van der Waals surface area contributed by atoms with Gasteiger partial charge in [0.1, 0.15) is 5.73 Å². The first kappa shape index (κ1) is 21.6. The van der Waals surface area contributed by atoms with E-state index in [1.807, 2.05) is 27.7 Å². The lowest BCUT2D eigenvalue weighted by molar-refractivity contribution is -0.161. The number of allylic oxidation sites excluding steroid dienone is 1. The molecule has 1 aliphatic heterocycles. The van der Waals surface area contributed by atoms with Gasteiger partial charge in [0.05, 0.1) is 24.4 Å². The summed E-state index contributed by atoms with van der Waals surface area (Å²) in [6.07, 6.45) is -0.159. The summed E-state index contributed by atoms with van der Waals surface area (Å²) in [4.78, 5) is 24.0. The third-order valence-electron chi connectivity index (χ3n) is 4.52. The normalized spacial score (nSPS) is 19.6. The molecule has 0 bridgehead atoms. The van der Waals surface area contributed by atoms with E-state index in [0.717, 1.165) is 0 Å². The number of ether oxygens (including phenoxy) is 2. The maximum Gasteiger partial charge on any atom is 0.525 e. The number of hydrogen-bond acceptors (Lipinski definition) is 6. The molecule has 0 aromatic carbocycles. The third-order valence-corrected chi connectivity index (χ3v) is 4.52. The van der Waals surface area contributed by atoms with Gasteiger partial charge in [0.2, 0.25) is 0 Å². The predicted octanol–water partition coefficient (Wildman–Crippen LogP) is 2.99. The zero-order valence-corrected chi connectivity index (χ0v) is 16.1. The highest BCUT2D eigenvalue weighted by atomic mass is 19.1. The summed E-state index contributed by atoms with van der Waals surface area (Å²) in [5.41, 5.74) is -1.82. The number of hydrogen-bond donors (Lipinski definition) is 0. The molecule has 1 aliphatic rings. The van der Waals surface area contributed by atoms with Gasteiger partial charge in [-0.2, -0.15) is 0 Å². The fourth-order valence-electron chi connectivity index (χ4n) is 2.30. The van der Waals surface area contributed by atoms with Crippen molar-refractivity contribution < 1.29 is 32.8 Å². The van der Waals surface area contributed by atoms with Gasteiger partial charge in [0.25, 0.3) is 0 Å². The monoisotopic (exact) mass is 358 g/mol. The minimum absolute atomic E-state index is 0.122. The molecule has 1 rings (SSSR count). The first-order valence-electron chi connectivity index (χ1n) is 8.50. The second kappa shape index (κ2) is 8.32. The molecule has 1 heterocycles. The highest BCUT2D eigenvalue weighted by Gasteiger charge is 2.53. The van der Waals surface area contributed by atoms with Crippen LogP contribution >= 0.6 is 0 Å². The van der Waals surface area contributed by atoms with Crippen molar-refractivity contribution in [2.75, 3.05) is 13.2 Å². The molecule has 1 fully saturated rings. The van der Waals surface area contributed by atoms with Crippen molar-refractivity contribution in [3.8, 4) is 0 Å². The number of carbonyl (C=O) groups excluding carboxylic acids is 2. The van der Waals surface area contributed by atoms with Crippen molar-refractivity contribution in [1.29, 1.82) is 0 Å². The van der Waals surface area contributed by atoms with Gasteiger partial charge in [-0.3, -0.25) is 9.59 Å². The fraction of sp³-hybridized carbons (Fsp3) is 0.765. The van der Waals surface area contributed by atoms with E-state index >= 15 is 0 Å². The highest BCUT2D eigenvalue weighted by molar-refractivity contribution is 6.53. The van der Waals surface area contributed by atoms with E-state index in [2.05, 4.69) is 0 Å². The Hall–Kier alpha value is -1.41. The number of carbonyl (C=O) groups is 2. The average Bonchev–Trinajstić information content (AvgIpc) is 2.72. The Labute approximate surface area is 149 Å². The second-order valence-electron chi connectivity index (χ2n) is 6.98. The molecule has 0 unspecified atom stereocenters. The van der Waals surface area contributed by atoms with Crippen LogP contribution in [0.15, 0.2) is 11.3 Å². The van der Waals surface area contributed by atoms with Crippen LogP contribution in [0.2, 0.25) is 0 Å². The van der Waals surface area contributed by atoms with Crippen LogP contribution in [-0.2, 0) is 28.4 Å². The molecule has 0 amide bonds. The average molecular weight is 358 g/mol. The number of esters is 2. The highest BCUT2D eigenvalue weighted by Crippen LogP contribution is 2.39. The molecule has 0 aromatic heterocycles. The van der Waals surface area contributed by atoms with E-state index in [9.17, 15) is 14.0 Å². The first-order valence-corrected chi connectivity index (χ1v) is 8.50. The van der Waals surface area contributed by atoms with Crippen molar-refractivity contribution in [2.24, 2.45) is 5.92 Å². The van der Waals surface area contributed by atoms with Gasteiger partial charge in [0, 0.05) is 0 Å². The Morgan fingerprint density at radius 3 is 1.76 bits per heavy atom. The Bertz CT molecular complexity index is 509. The number of halogens is 1. The van der Waals surface area contributed by atoms with Gasteiger partial charge < -0.3 is 18.8 Å². The van der Waals surface area contributed by atoms with Gasteiger partial charge in [-0.1, -0.05) is 0 Å². The molecule has 0 saturated carbocycles. The minimum atomic E-state index is -1.21. The van der Waals surface area contributed by atoms with Crippen LogP contribution in [0.25, 0.3) is 0 Å². The zero-order valence-electron chi connectivity index (χ0n) is 16.1. The van der Waals surface area contributed by atoms with Crippen molar-refractivity contribution in [2.45, 2.75) is 66.1 Å². The molecule has 25 heavy (non-hydrogen) atoms. The standard InChI is InChI=1S/C17H28BFO6/c1-8-22-14(20)12(15(21)23-9-2)10-11(3)13(19)18-24-16(4,5)17(6,7)25-18/h12H,8-10H2,1-7H3. The Kier molecular flexibility index (Phi) is 7.20. The summed E-state index contributed by atoms with van der Waals surface area (Å²) in [6.45, 7) is 12.3. The largest absolute Gasteiger partial charge is 0.525 e. The molecule has 0 radical (unpaired) electrons. The van der Waals surface area contributed by atoms with Crippen LogP contribution in [0.4, 0.5) is 4.39 Å². The van der Waals surface area contributed by atoms with Gasteiger partial charge >= 0.3 is 19.1 Å².